The Hall–Kier alpha value is -3.52. The molecule has 2 heterocycles. The standard InChI is InChI=1S/C32H43ClN6O6S/c1-22(40)38-15-12-27(13-16-38)37(2)30(41)18-28(36-46(44,45)21-23-7-4-3-5-8-23)32(43)39-14-6-9-29(39)31(42)35-20-25-17-26(33)11-10-24(25)19-34/h3-5,7-8,10-11,17,27-29,36H,6,9,12-16,18-21,34H2,1-2H3,(H,35,42). The number of halogens is 1. The first-order valence-corrected chi connectivity index (χ1v) is 17.5. The topological polar surface area (TPSA) is 162 Å². The lowest BCUT2D eigenvalue weighted by Crippen LogP contribution is -2.55. The van der Waals surface area contributed by atoms with E-state index in [1.54, 1.807) is 60.5 Å². The van der Waals surface area contributed by atoms with Crippen LogP contribution in [-0.4, -0.2) is 91.6 Å². The largest absolute Gasteiger partial charge is 0.350 e. The molecule has 2 saturated heterocycles. The maximum atomic E-state index is 14.0. The van der Waals surface area contributed by atoms with Gasteiger partial charge in [-0.15, -0.1) is 0 Å². The molecule has 0 aliphatic carbocycles. The van der Waals surface area contributed by atoms with Gasteiger partial charge in [-0.05, 0) is 54.5 Å². The first-order valence-electron chi connectivity index (χ1n) is 15.5. The van der Waals surface area contributed by atoms with E-state index in [9.17, 15) is 27.6 Å². The summed E-state index contributed by atoms with van der Waals surface area (Å²) in [7, 11) is -2.42. The fourth-order valence-electron chi connectivity index (χ4n) is 6.08. The number of amides is 4. The van der Waals surface area contributed by atoms with Gasteiger partial charge in [-0.3, -0.25) is 19.2 Å². The quantitative estimate of drug-likeness (QED) is 0.309. The Morgan fingerprint density at radius 1 is 1.02 bits per heavy atom. The van der Waals surface area contributed by atoms with Crippen LogP contribution < -0.4 is 15.8 Å². The Morgan fingerprint density at radius 2 is 1.72 bits per heavy atom. The molecule has 0 bridgehead atoms. The number of nitrogens with two attached hydrogens (primary N) is 1. The highest BCUT2D eigenvalue weighted by molar-refractivity contribution is 7.88. The van der Waals surface area contributed by atoms with Crippen molar-refractivity contribution in [3.8, 4) is 0 Å². The predicted octanol–water partition coefficient (Wildman–Crippen LogP) is 1.75. The van der Waals surface area contributed by atoms with Crippen LogP contribution in [0.25, 0.3) is 0 Å². The highest BCUT2D eigenvalue weighted by Gasteiger charge is 2.40. The maximum absolute atomic E-state index is 14.0. The summed E-state index contributed by atoms with van der Waals surface area (Å²) >= 11 is 6.14. The van der Waals surface area contributed by atoms with Gasteiger partial charge >= 0.3 is 0 Å². The number of carbonyl (C=O) groups excluding carboxylic acids is 4. The van der Waals surface area contributed by atoms with E-state index in [2.05, 4.69) is 10.0 Å². The molecule has 2 aliphatic rings. The van der Waals surface area contributed by atoms with Gasteiger partial charge in [-0.2, -0.15) is 0 Å². The molecular weight excluding hydrogens is 632 g/mol. The van der Waals surface area contributed by atoms with Gasteiger partial charge in [0.2, 0.25) is 33.7 Å². The van der Waals surface area contributed by atoms with E-state index in [-0.39, 0.29) is 43.2 Å². The molecule has 4 rings (SSSR count). The van der Waals surface area contributed by atoms with Crippen molar-refractivity contribution >= 4 is 45.3 Å². The Bertz CT molecular complexity index is 1520. The minimum atomic E-state index is -4.05. The smallest absolute Gasteiger partial charge is 0.243 e. The number of likely N-dealkylation sites (tertiary alicyclic amines) is 2. The molecule has 0 saturated carbocycles. The molecule has 2 atom stereocenters. The fraction of sp³-hybridized carbons (Fsp3) is 0.500. The number of benzene rings is 2. The number of piperidine rings is 1. The average molecular weight is 675 g/mol. The summed E-state index contributed by atoms with van der Waals surface area (Å²) in [5, 5.41) is 3.38. The first kappa shape index (κ1) is 35.3. The molecule has 0 aromatic heterocycles. The minimum Gasteiger partial charge on any atom is -0.350 e. The highest BCUT2D eigenvalue weighted by Crippen LogP contribution is 2.23. The van der Waals surface area contributed by atoms with E-state index in [4.69, 9.17) is 17.3 Å². The van der Waals surface area contributed by atoms with Gasteiger partial charge in [0, 0.05) is 57.8 Å². The number of carbonyl (C=O) groups is 4. The van der Waals surface area contributed by atoms with Crippen molar-refractivity contribution in [2.75, 3.05) is 26.7 Å². The Balaban J connectivity index is 1.49. The molecule has 0 radical (unpaired) electrons. The van der Waals surface area contributed by atoms with Gasteiger partial charge in [-0.25, -0.2) is 13.1 Å². The molecule has 0 spiro atoms. The van der Waals surface area contributed by atoms with Crippen molar-refractivity contribution in [3.63, 3.8) is 0 Å². The van der Waals surface area contributed by atoms with E-state index in [0.29, 0.717) is 49.4 Å². The van der Waals surface area contributed by atoms with Crippen LogP contribution >= 0.6 is 11.6 Å². The Labute approximate surface area is 275 Å². The van der Waals surface area contributed by atoms with Gasteiger partial charge in [0.15, 0.2) is 0 Å². The summed E-state index contributed by atoms with van der Waals surface area (Å²) < 4.78 is 29.1. The molecule has 12 nitrogen and oxygen atoms in total. The second-order valence-electron chi connectivity index (χ2n) is 11.9. The molecule has 4 N–H and O–H groups in total. The van der Waals surface area contributed by atoms with Crippen LogP contribution in [0.15, 0.2) is 48.5 Å². The summed E-state index contributed by atoms with van der Waals surface area (Å²) in [6, 6.07) is 11.4. The van der Waals surface area contributed by atoms with Crippen molar-refractivity contribution in [2.45, 2.75) is 76.0 Å². The normalized spacial score (nSPS) is 17.9. The second kappa shape index (κ2) is 15.9. The van der Waals surface area contributed by atoms with Crippen LogP contribution in [0.1, 0.15) is 55.7 Å². The molecular formula is C32H43ClN6O6S. The summed E-state index contributed by atoms with van der Waals surface area (Å²) in [5.41, 5.74) is 7.95. The van der Waals surface area contributed by atoms with Crippen molar-refractivity contribution in [3.05, 3.63) is 70.2 Å². The zero-order valence-corrected chi connectivity index (χ0v) is 27.9. The van der Waals surface area contributed by atoms with E-state index in [0.717, 1.165) is 11.1 Å². The second-order valence-corrected chi connectivity index (χ2v) is 14.1. The zero-order chi connectivity index (χ0) is 33.4. The fourth-order valence-corrected chi connectivity index (χ4v) is 7.61. The zero-order valence-electron chi connectivity index (χ0n) is 26.3. The molecule has 2 aliphatic heterocycles. The van der Waals surface area contributed by atoms with Crippen LogP contribution in [0, 0.1) is 0 Å². The summed E-state index contributed by atoms with van der Waals surface area (Å²) in [5.74, 6) is -1.83. The summed E-state index contributed by atoms with van der Waals surface area (Å²) in [4.78, 5) is 57.3. The average Bonchev–Trinajstić information content (AvgIpc) is 3.53. The molecule has 46 heavy (non-hydrogen) atoms. The van der Waals surface area contributed by atoms with Crippen LogP contribution in [0.3, 0.4) is 0 Å². The summed E-state index contributed by atoms with van der Waals surface area (Å²) in [6.07, 6.45) is 1.67. The van der Waals surface area contributed by atoms with Gasteiger partial charge in [0.25, 0.3) is 0 Å². The van der Waals surface area contributed by atoms with Gasteiger partial charge in [0.1, 0.15) is 12.1 Å². The number of hydrogen-bond acceptors (Lipinski definition) is 7. The van der Waals surface area contributed by atoms with Crippen molar-refractivity contribution < 1.29 is 27.6 Å². The third-order valence-corrected chi connectivity index (χ3v) is 10.3. The van der Waals surface area contributed by atoms with Gasteiger partial charge in [-0.1, -0.05) is 48.0 Å². The third kappa shape index (κ3) is 9.27. The molecule has 2 aromatic rings. The SMILES string of the molecule is CC(=O)N1CCC(N(C)C(=O)CC(NS(=O)(=O)Cc2ccccc2)C(=O)N2CCCC2C(=O)NCc2cc(Cl)ccc2CN)CC1. The molecule has 2 fully saturated rings. The summed E-state index contributed by atoms with van der Waals surface area (Å²) in [6.45, 7) is 3.19. The van der Waals surface area contributed by atoms with Crippen LogP contribution in [0.4, 0.5) is 0 Å². The maximum Gasteiger partial charge on any atom is 0.243 e. The van der Waals surface area contributed by atoms with Crippen LogP contribution in [-0.2, 0) is 48.0 Å². The van der Waals surface area contributed by atoms with Crippen LogP contribution in [0.5, 0.6) is 0 Å². The van der Waals surface area contributed by atoms with Gasteiger partial charge < -0.3 is 25.8 Å². The lowest BCUT2D eigenvalue weighted by atomic mass is 10.0. The molecule has 2 aromatic carbocycles. The predicted molar refractivity (Wildman–Crippen MR) is 175 cm³/mol. The molecule has 2 unspecified atom stereocenters. The number of sulfonamides is 1. The molecule has 250 valence electrons. The lowest BCUT2D eigenvalue weighted by Gasteiger charge is -2.37. The Kier molecular flexibility index (Phi) is 12.2. The monoisotopic (exact) mass is 674 g/mol. The van der Waals surface area contributed by atoms with E-state index in [1.165, 1.54) is 16.7 Å². The molecule has 14 heteroatoms. The third-order valence-electron chi connectivity index (χ3n) is 8.73. The van der Waals surface area contributed by atoms with Gasteiger partial charge in [0.05, 0.1) is 12.2 Å². The van der Waals surface area contributed by atoms with E-state index < -0.39 is 40.3 Å². The number of hydrogen-bond donors (Lipinski definition) is 3. The first-order chi connectivity index (χ1) is 21.9. The van der Waals surface area contributed by atoms with Crippen molar-refractivity contribution in [1.29, 1.82) is 0 Å². The van der Waals surface area contributed by atoms with E-state index in [1.807, 2.05) is 0 Å². The van der Waals surface area contributed by atoms with Crippen molar-refractivity contribution in [1.82, 2.24) is 24.7 Å². The number of nitrogens with zero attached hydrogens (tertiary/aromatic N) is 3. The Morgan fingerprint density at radius 3 is 2.37 bits per heavy atom. The van der Waals surface area contributed by atoms with E-state index >= 15 is 0 Å². The molecule has 4 amide bonds. The highest BCUT2D eigenvalue weighted by atomic mass is 35.5. The number of nitrogens with one attached hydrogen (secondary N) is 2. The number of rotatable bonds is 12. The minimum absolute atomic E-state index is 0.0255. The van der Waals surface area contributed by atoms with Crippen LogP contribution in [0.2, 0.25) is 5.02 Å². The lowest BCUT2D eigenvalue weighted by molar-refractivity contribution is -0.142. The van der Waals surface area contributed by atoms with Crippen molar-refractivity contribution in [2.24, 2.45) is 5.73 Å².